The zero-order chi connectivity index (χ0) is 14.1. The Labute approximate surface area is 113 Å². The second-order valence-corrected chi connectivity index (χ2v) is 4.02. The maximum absolute atomic E-state index is 11.7. The average Bonchev–Trinajstić information content (AvgIpc) is 2.45. The largest absolute Gasteiger partial charge is 0.469 e. The van der Waals surface area contributed by atoms with Gasteiger partial charge in [0.15, 0.2) is 0 Å². The van der Waals surface area contributed by atoms with Gasteiger partial charge in [0.25, 0.3) is 5.91 Å². The normalized spacial score (nSPS) is 9.16. The Morgan fingerprint density at radius 1 is 1.26 bits per heavy atom. The van der Waals surface area contributed by atoms with Crippen molar-refractivity contribution in [1.29, 1.82) is 0 Å². The number of hydrogen-bond acceptors (Lipinski definition) is 3. The van der Waals surface area contributed by atoms with Crippen LogP contribution in [0.25, 0.3) is 0 Å². The molecule has 19 heavy (non-hydrogen) atoms. The van der Waals surface area contributed by atoms with E-state index in [2.05, 4.69) is 16.6 Å². The summed E-state index contributed by atoms with van der Waals surface area (Å²) in [6.45, 7) is 0.484. The molecule has 0 fully saturated rings. The minimum absolute atomic E-state index is 0.256. The SMILES string of the molecule is COC(=O)CCCN(C)C(=O)C#Cc1ccccc1. The molecule has 0 aliphatic carbocycles. The van der Waals surface area contributed by atoms with Gasteiger partial charge in [0.05, 0.1) is 7.11 Å². The molecule has 0 radical (unpaired) electrons. The highest BCUT2D eigenvalue weighted by molar-refractivity contribution is 5.93. The third-order valence-electron chi connectivity index (χ3n) is 2.54. The van der Waals surface area contributed by atoms with E-state index in [1.165, 1.54) is 12.0 Å². The molecule has 100 valence electrons. The lowest BCUT2D eigenvalue weighted by molar-refractivity contribution is -0.141. The average molecular weight is 259 g/mol. The maximum atomic E-state index is 11.7. The van der Waals surface area contributed by atoms with E-state index in [-0.39, 0.29) is 11.9 Å². The minimum Gasteiger partial charge on any atom is -0.469 e. The predicted molar refractivity (Wildman–Crippen MR) is 72.2 cm³/mol. The molecule has 0 N–H and O–H groups in total. The van der Waals surface area contributed by atoms with Crippen LogP contribution < -0.4 is 0 Å². The van der Waals surface area contributed by atoms with Crippen LogP contribution in [0.2, 0.25) is 0 Å². The van der Waals surface area contributed by atoms with Gasteiger partial charge in [-0.05, 0) is 18.6 Å². The summed E-state index contributed by atoms with van der Waals surface area (Å²) in [7, 11) is 3.02. The molecule has 1 rings (SSSR count). The van der Waals surface area contributed by atoms with E-state index >= 15 is 0 Å². The first-order valence-electron chi connectivity index (χ1n) is 6.02. The van der Waals surface area contributed by atoms with E-state index in [9.17, 15) is 9.59 Å². The zero-order valence-corrected chi connectivity index (χ0v) is 11.2. The first kappa shape index (κ1) is 14.8. The topological polar surface area (TPSA) is 46.6 Å². The Hall–Kier alpha value is -2.28. The van der Waals surface area contributed by atoms with Crippen molar-refractivity contribution >= 4 is 11.9 Å². The number of benzene rings is 1. The van der Waals surface area contributed by atoms with Gasteiger partial charge in [0.1, 0.15) is 0 Å². The summed E-state index contributed by atoms with van der Waals surface area (Å²) in [4.78, 5) is 24.1. The summed E-state index contributed by atoms with van der Waals surface area (Å²) >= 11 is 0. The summed E-state index contributed by atoms with van der Waals surface area (Å²) in [6, 6.07) is 9.32. The number of carbonyl (C=O) groups is 2. The molecule has 4 heteroatoms. The minimum atomic E-state index is -0.267. The lowest BCUT2D eigenvalue weighted by Crippen LogP contribution is -2.26. The molecule has 0 saturated heterocycles. The molecule has 0 heterocycles. The Balaban J connectivity index is 2.41. The predicted octanol–water partition coefficient (Wildman–Crippen LogP) is 1.45. The third kappa shape index (κ3) is 5.73. The molecular formula is C15H17NO3. The van der Waals surface area contributed by atoms with Crippen LogP contribution in [0, 0.1) is 11.8 Å². The number of methoxy groups -OCH3 is 1. The standard InChI is InChI=1S/C15H17NO3/c1-16(12-6-9-15(18)19-2)14(17)11-10-13-7-4-3-5-8-13/h3-5,7-8H,6,9,12H2,1-2H3. The zero-order valence-electron chi connectivity index (χ0n) is 11.2. The van der Waals surface area contributed by atoms with Crippen LogP contribution in [-0.4, -0.2) is 37.5 Å². The smallest absolute Gasteiger partial charge is 0.305 e. The van der Waals surface area contributed by atoms with Crippen molar-refractivity contribution < 1.29 is 14.3 Å². The van der Waals surface area contributed by atoms with Gasteiger partial charge in [0.2, 0.25) is 0 Å². The van der Waals surface area contributed by atoms with Crippen LogP contribution in [0.15, 0.2) is 30.3 Å². The Morgan fingerprint density at radius 2 is 1.95 bits per heavy atom. The van der Waals surface area contributed by atoms with Gasteiger partial charge in [-0.25, -0.2) is 0 Å². The Bertz CT molecular complexity index is 485. The molecule has 0 saturated carbocycles. The van der Waals surface area contributed by atoms with Gasteiger partial charge in [-0.2, -0.15) is 0 Å². The van der Waals surface area contributed by atoms with E-state index in [4.69, 9.17) is 0 Å². The van der Waals surface area contributed by atoms with E-state index in [0.29, 0.717) is 19.4 Å². The number of esters is 1. The first-order valence-corrected chi connectivity index (χ1v) is 6.02. The lowest BCUT2D eigenvalue weighted by Gasteiger charge is -2.12. The van der Waals surface area contributed by atoms with Gasteiger partial charge >= 0.3 is 5.97 Å². The molecule has 4 nitrogen and oxygen atoms in total. The van der Waals surface area contributed by atoms with E-state index in [0.717, 1.165) is 5.56 Å². The summed E-state index contributed by atoms with van der Waals surface area (Å²) < 4.78 is 4.53. The van der Waals surface area contributed by atoms with Gasteiger partial charge in [0, 0.05) is 31.5 Å². The fraction of sp³-hybridized carbons (Fsp3) is 0.333. The molecule has 0 aliphatic rings. The van der Waals surface area contributed by atoms with Crippen molar-refractivity contribution in [2.75, 3.05) is 20.7 Å². The lowest BCUT2D eigenvalue weighted by atomic mass is 10.2. The van der Waals surface area contributed by atoms with Gasteiger partial charge in [-0.1, -0.05) is 24.1 Å². The summed E-state index contributed by atoms with van der Waals surface area (Å²) in [5.74, 6) is 4.85. The number of nitrogens with zero attached hydrogens (tertiary/aromatic N) is 1. The van der Waals surface area contributed by atoms with Crippen LogP contribution in [0.5, 0.6) is 0 Å². The van der Waals surface area contributed by atoms with Crippen molar-refractivity contribution in [2.45, 2.75) is 12.8 Å². The summed E-state index contributed by atoms with van der Waals surface area (Å²) in [5.41, 5.74) is 0.804. The molecule has 0 aliphatic heterocycles. The number of ether oxygens (including phenoxy) is 1. The Kier molecular flexibility index (Phi) is 6.17. The second-order valence-electron chi connectivity index (χ2n) is 4.02. The van der Waals surface area contributed by atoms with E-state index in [1.54, 1.807) is 7.05 Å². The first-order chi connectivity index (χ1) is 9.13. The van der Waals surface area contributed by atoms with Crippen molar-refractivity contribution in [3.8, 4) is 11.8 Å². The van der Waals surface area contributed by atoms with Crippen LogP contribution in [0.3, 0.4) is 0 Å². The van der Waals surface area contributed by atoms with Crippen LogP contribution in [-0.2, 0) is 14.3 Å². The van der Waals surface area contributed by atoms with Gasteiger partial charge in [-0.15, -0.1) is 0 Å². The number of amides is 1. The monoisotopic (exact) mass is 259 g/mol. The van der Waals surface area contributed by atoms with E-state index < -0.39 is 0 Å². The highest BCUT2D eigenvalue weighted by atomic mass is 16.5. The van der Waals surface area contributed by atoms with Crippen LogP contribution in [0.4, 0.5) is 0 Å². The van der Waals surface area contributed by atoms with Crippen LogP contribution >= 0.6 is 0 Å². The molecule has 0 aromatic heterocycles. The molecule has 1 aromatic carbocycles. The number of carbonyl (C=O) groups excluding carboxylic acids is 2. The van der Waals surface area contributed by atoms with E-state index in [1.807, 2.05) is 30.3 Å². The van der Waals surface area contributed by atoms with Crippen LogP contribution in [0.1, 0.15) is 18.4 Å². The number of hydrogen-bond donors (Lipinski definition) is 0. The highest BCUT2D eigenvalue weighted by Gasteiger charge is 2.06. The Morgan fingerprint density at radius 3 is 2.58 bits per heavy atom. The fourth-order valence-electron chi connectivity index (χ4n) is 1.41. The van der Waals surface area contributed by atoms with Crippen molar-refractivity contribution in [2.24, 2.45) is 0 Å². The fourth-order valence-corrected chi connectivity index (χ4v) is 1.41. The van der Waals surface area contributed by atoms with Crippen molar-refractivity contribution in [1.82, 2.24) is 4.90 Å². The molecule has 1 amide bonds. The quantitative estimate of drug-likeness (QED) is 0.607. The molecule has 0 atom stereocenters. The van der Waals surface area contributed by atoms with Crippen molar-refractivity contribution in [3.05, 3.63) is 35.9 Å². The van der Waals surface area contributed by atoms with Gasteiger partial charge < -0.3 is 9.64 Å². The van der Waals surface area contributed by atoms with Crippen molar-refractivity contribution in [3.63, 3.8) is 0 Å². The molecule has 0 spiro atoms. The second kappa shape index (κ2) is 7.93. The molecule has 0 bridgehead atoms. The number of rotatable bonds is 4. The molecular weight excluding hydrogens is 242 g/mol. The summed E-state index contributed by atoms with van der Waals surface area (Å²) in [5, 5.41) is 0. The molecule has 1 aromatic rings. The maximum Gasteiger partial charge on any atom is 0.305 e. The molecule has 0 unspecified atom stereocenters. The third-order valence-corrected chi connectivity index (χ3v) is 2.54. The van der Waals surface area contributed by atoms with Gasteiger partial charge in [-0.3, -0.25) is 9.59 Å². The summed E-state index contributed by atoms with van der Waals surface area (Å²) in [6.07, 6.45) is 0.877. The highest BCUT2D eigenvalue weighted by Crippen LogP contribution is 1.97.